The molecule has 0 aliphatic rings. The minimum Gasteiger partial charge on any atom is -0.317 e. The van der Waals surface area contributed by atoms with Crippen molar-refractivity contribution in [3.8, 4) is 0 Å². The van der Waals surface area contributed by atoms with Crippen LogP contribution in [0.1, 0.15) is 46.0 Å². The van der Waals surface area contributed by atoms with E-state index in [0.29, 0.717) is 6.04 Å². The van der Waals surface area contributed by atoms with Crippen molar-refractivity contribution in [2.45, 2.75) is 52.0 Å². The van der Waals surface area contributed by atoms with Gasteiger partial charge in [-0.25, -0.2) is 5.48 Å². The third-order valence-electron chi connectivity index (χ3n) is 1.83. The summed E-state index contributed by atoms with van der Waals surface area (Å²) >= 11 is 0. The van der Waals surface area contributed by atoms with Crippen LogP contribution < -0.4 is 5.48 Å². The monoisotopic (exact) mass is 145 g/mol. The van der Waals surface area contributed by atoms with Crippen molar-refractivity contribution in [1.82, 2.24) is 5.48 Å². The molecule has 0 radical (unpaired) electrons. The van der Waals surface area contributed by atoms with Crippen LogP contribution in [0, 0.1) is 0 Å². The minimum absolute atomic E-state index is 0.312. The second kappa shape index (κ2) is 7.03. The van der Waals surface area contributed by atoms with E-state index in [2.05, 4.69) is 19.3 Å². The Balaban J connectivity index is 3.09. The van der Waals surface area contributed by atoms with Gasteiger partial charge in [-0.1, -0.05) is 33.1 Å². The van der Waals surface area contributed by atoms with Crippen LogP contribution in [0.4, 0.5) is 0 Å². The van der Waals surface area contributed by atoms with Crippen LogP contribution in [-0.2, 0) is 0 Å². The lowest BCUT2D eigenvalue weighted by Gasteiger charge is -2.10. The van der Waals surface area contributed by atoms with E-state index in [1.54, 1.807) is 0 Å². The molecule has 0 saturated heterocycles. The fraction of sp³-hybridized carbons (Fsp3) is 1.00. The topological polar surface area (TPSA) is 32.3 Å². The van der Waals surface area contributed by atoms with Crippen LogP contribution in [0.2, 0.25) is 0 Å². The van der Waals surface area contributed by atoms with Gasteiger partial charge in [-0.15, -0.1) is 0 Å². The van der Waals surface area contributed by atoms with E-state index in [4.69, 9.17) is 5.21 Å². The molecule has 0 aliphatic heterocycles. The average molecular weight is 145 g/mol. The number of rotatable bonds is 6. The lowest BCUT2D eigenvalue weighted by molar-refractivity contribution is 0.118. The molecule has 2 nitrogen and oxygen atoms in total. The number of hydrogen-bond acceptors (Lipinski definition) is 2. The normalized spacial score (nSPS) is 13.5. The Morgan fingerprint density at radius 1 is 1.30 bits per heavy atom. The van der Waals surface area contributed by atoms with Gasteiger partial charge in [-0.3, -0.25) is 0 Å². The van der Waals surface area contributed by atoms with E-state index in [-0.39, 0.29) is 0 Å². The van der Waals surface area contributed by atoms with Crippen molar-refractivity contribution in [3.05, 3.63) is 0 Å². The van der Waals surface area contributed by atoms with Crippen LogP contribution in [0.25, 0.3) is 0 Å². The van der Waals surface area contributed by atoms with Crippen molar-refractivity contribution >= 4 is 0 Å². The zero-order valence-electron chi connectivity index (χ0n) is 7.06. The van der Waals surface area contributed by atoms with E-state index in [9.17, 15) is 0 Å². The maximum Gasteiger partial charge on any atom is 0.0317 e. The summed E-state index contributed by atoms with van der Waals surface area (Å²) in [6.07, 6.45) is 5.86. The second-order valence-corrected chi connectivity index (χ2v) is 2.73. The van der Waals surface area contributed by atoms with Crippen molar-refractivity contribution < 1.29 is 5.21 Å². The Labute approximate surface area is 63.6 Å². The molecule has 0 aromatic carbocycles. The summed E-state index contributed by atoms with van der Waals surface area (Å²) in [5.41, 5.74) is 2.31. The molecule has 1 atom stereocenters. The maximum absolute atomic E-state index is 8.58. The van der Waals surface area contributed by atoms with Gasteiger partial charge in [0.1, 0.15) is 0 Å². The number of unbranched alkanes of at least 4 members (excludes halogenated alkanes) is 2. The summed E-state index contributed by atoms with van der Waals surface area (Å²) in [6, 6.07) is 0.312. The van der Waals surface area contributed by atoms with Crippen molar-refractivity contribution in [2.75, 3.05) is 0 Å². The van der Waals surface area contributed by atoms with E-state index >= 15 is 0 Å². The molecule has 0 bridgehead atoms. The molecule has 0 aromatic heterocycles. The van der Waals surface area contributed by atoms with Gasteiger partial charge < -0.3 is 5.21 Å². The highest BCUT2D eigenvalue weighted by molar-refractivity contribution is 4.58. The molecule has 2 N–H and O–H groups in total. The molecule has 2 heteroatoms. The van der Waals surface area contributed by atoms with E-state index in [0.717, 1.165) is 12.8 Å². The van der Waals surface area contributed by atoms with E-state index in [1.807, 2.05) is 0 Å². The Kier molecular flexibility index (Phi) is 6.98. The van der Waals surface area contributed by atoms with Crippen LogP contribution in [0.15, 0.2) is 0 Å². The first-order valence-corrected chi connectivity index (χ1v) is 4.24. The highest BCUT2D eigenvalue weighted by Crippen LogP contribution is 2.04. The number of hydrogen-bond donors (Lipinski definition) is 2. The van der Waals surface area contributed by atoms with E-state index < -0.39 is 0 Å². The Morgan fingerprint density at radius 2 is 2.00 bits per heavy atom. The first kappa shape index (κ1) is 9.92. The molecule has 1 unspecified atom stereocenters. The first-order valence-electron chi connectivity index (χ1n) is 4.24. The standard InChI is InChI=1S/C8H19NO/c1-3-5-6-7-8(4-2)9-10/h8-10H,3-7H2,1-2H3. The highest BCUT2D eigenvalue weighted by Gasteiger charge is 2.01. The molecule has 0 aliphatic carbocycles. The van der Waals surface area contributed by atoms with Gasteiger partial charge in [0.25, 0.3) is 0 Å². The van der Waals surface area contributed by atoms with Gasteiger partial charge in [0.2, 0.25) is 0 Å². The van der Waals surface area contributed by atoms with Gasteiger partial charge in [0.05, 0.1) is 0 Å². The van der Waals surface area contributed by atoms with Crippen molar-refractivity contribution in [1.29, 1.82) is 0 Å². The molecular weight excluding hydrogens is 126 g/mol. The summed E-state index contributed by atoms with van der Waals surface area (Å²) < 4.78 is 0. The van der Waals surface area contributed by atoms with Gasteiger partial charge in [-0.2, -0.15) is 0 Å². The lowest BCUT2D eigenvalue weighted by Crippen LogP contribution is -2.24. The van der Waals surface area contributed by atoms with Crippen molar-refractivity contribution in [2.24, 2.45) is 0 Å². The molecule has 0 spiro atoms. The summed E-state index contributed by atoms with van der Waals surface area (Å²) in [5, 5.41) is 8.58. The van der Waals surface area contributed by atoms with Crippen LogP contribution in [-0.4, -0.2) is 11.2 Å². The Bertz CT molecular complexity index is 62.3. The number of nitrogens with one attached hydrogen (secondary N) is 1. The molecule has 0 heterocycles. The molecule has 62 valence electrons. The van der Waals surface area contributed by atoms with Gasteiger partial charge in [-0.05, 0) is 12.8 Å². The van der Waals surface area contributed by atoms with Gasteiger partial charge in [0, 0.05) is 6.04 Å². The molecule has 0 amide bonds. The van der Waals surface area contributed by atoms with Crippen LogP contribution >= 0.6 is 0 Å². The SMILES string of the molecule is CCCCCC(CC)NO. The molecule has 0 aromatic rings. The highest BCUT2D eigenvalue weighted by atomic mass is 16.5. The zero-order chi connectivity index (χ0) is 7.82. The molecule has 0 fully saturated rings. The predicted molar refractivity (Wildman–Crippen MR) is 43.1 cm³/mol. The second-order valence-electron chi connectivity index (χ2n) is 2.73. The van der Waals surface area contributed by atoms with E-state index in [1.165, 1.54) is 19.3 Å². The van der Waals surface area contributed by atoms with Crippen LogP contribution in [0.3, 0.4) is 0 Å². The number of hydroxylamine groups is 1. The fourth-order valence-corrected chi connectivity index (χ4v) is 1.00. The summed E-state index contributed by atoms with van der Waals surface area (Å²) in [4.78, 5) is 0. The fourth-order valence-electron chi connectivity index (χ4n) is 1.00. The Hall–Kier alpha value is -0.0800. The summed E-state index contributed by atoms with van der Waals surface area (Å²) in [5.74, 6) is 0. The summed E-state index contributed by atoms with van der Waals surface area (Å²) in [7, 11) is 0. The Morgan fingerprint density at radius 3 is 2.40 bits per heavy atom. The molecule has 0 saturated carbocycles. The van der Waals surface area contributed by atoms with Gasteiger partial charge >= 0.3 is 0 Å². The van der Waals surface area contributed by atoms with Gasteiger partial charge in [0.15, 0.2) is 0 Å². The van der Waals surface area contributed by atoms with Crippen LogP contribution in [0.5, 0.6) is 0 Å². The summed E-state index contributed by atoms with van der Waals surface area (Å²) in [6.45, 7) is 4.27. The minimum atomic E-state index is 0.312. The third-order valence-corrected chi connectivity index (χ3v) is 1.83. The predicted octanol–water partition coefficient (Wildman–Crippen LogP) is 2.32. The maximum atomic E-state index is 8.58. The smallest absolute Gasteiger partial charge is 0.0317 e. The third kappa shape index (κ3) is 4.77. The zero-order valence-corrected chi connectivity index (χ0v) is 7.06. The molecule has 10 heavy (non-hydrogen) atoms. The molecule has 0 rings (SSSR count). The van der Waals surface area contributed by atoms with Crippen molar-refractivity contribution in [3.63, 3.8) is 0 Å². The first-order chi connectivity index (χ1) is 4.85. The largest absolute Gasteiger partial charge is 0.317 e. The molecular formula is C8H19NO. The average Bonchev–Trinajstić information content (AvgIpc) is 1.99. The lowest BCUT2D eigenvalue weighted by atomic mass is 10.1. The quantitative estimate of drug-likeness (QED) is 0.444.